The predicted molar refractivity (Wildman–Crippen MR) is 70.2 cm³/mol. The largest absolute Gasteiger partial charge is 0.399 e. The standard InChI is InChI=1S/C14H13N3/c1-10-13-7-2-3-8-14(13)17(16-10)12-6-4-5-11(15)9-12/h2-9H,15H2,1H3. The van der Waals surface area contributed by atoms with Gasteiger partial charge in [-0.1, -0.05) is 24.3 Å². The van der Waals surface area contributed by atoms with Gasteiger partial charge in [0.25, 0.3) is 0 Å². The minimum Gasteiger partial charge on any atom is -0.399 e. The molecule has 3 aromatic rings. The Morgan fingerprint density at radius 3 is 2.71 bits per heavy atom. The molecule has 3 heteroatoms. The van der Waals surface area contributed by atoms with E-state index in [0.717, 1.165) is 22.6 Å². The molecule has 0 aliphatic rings. The molecule has 0 saturated carbocycles. The van der Waals surface area contributed by atoms with Gasteiger partial charge in [-0.05, 0) is 31.2 Å². The highest BCUT2D eigenvalue weighted by Crippen LogP contribution is 2.22. The first-order valence-corrected chi connectivity index (χ1v) is 5.56. The van der Waals surface area contributed by atoms with E-state index in [1.165, 1.54) is 5.39 Å². The highest BCUT2D eigenvalue weighted by molar-refractivity contribution is 5.83. The molecule has 84 valence electrons. The van der Waals surface area contributed by atoms with Crippen LogP contribution in [0.15, 0.2) is 48.5 Å². The van der Waals surface area contributed by atoms with Gasteiger partial charge in [0.05, 0.1) is 16.9 Å². The number of nitrogens with zero attached hydrogens (tertiary/aromatic N) is 2. The second kappa shape index (κ2) is 3.63. The van der Waals surface area contributed by atoms with E-state index >= 15 is 0 Å². The Kier molecular flexibility index (Phi) is 2.11. The summed E-state index contributed by atoms with van der Waals surface area (Å²) in [4.78, 5) is 0. The zero-order valence-corrected chi connectivity index (χ0v) is 9.59. The Hall–Kier alpha value is -2.29. The van der Waals surface area contributed by atoms with E-state index in [1.54, 1.807) is 0 Å². The molecule has 0 unspecified atom stereocenters. The molecular weight excluding hydrogens is 210 g/mol. The molecule has 0 aliphatic carbocycles. The van der Waals surface area contributed by atoms with Crippen molar-refractivity contribution in [2.45, 2.75) is 6.92 Å². The maximum atomic E-state index is 5.81. The number of para-hydroxylation sites is 1. The van der Waals surface area contributed by atoms with Crippen molar-refractivity contribution in [3.05, 3.63) is 54.2 Å². The molecule has 0 fully saturated rings. The van der Waals surface area contributed by atoms with Crippen molar-refractivity contribution in [3.63, 3.8) is 0 Å². The summed E-state index contributed by atoms with van der Waals surface area (Å²) >= 11 is 0. The summed E-state index contributed by atoms with van der Waals surface area (Å²) in [7, 11) is 0. The fraction of sp³-hybridized carbons (Fsp3) is 0.0714. The van der Waals surface area contributed by atoms with E-state index < -0.39 is 0 Å². The fourth-order valence-corrected chi connectivity index (χ4v) is 2.08. The third-order valence-electron chi connectivity index (χ3n) is 2.89. The Balaban J connectivity index is 2.31. The smallest absolute Gasteiger partial charge is 0.0743 e. The van der Waals surface area contributed by atoms with Crippen LogP contribution in [0.5, 0.6) is 0 Å². The maximum Gasteiger partial charge on any atom is 0.0743 e. The first-order valence-electron chi connectivity index (χ1n) is 5.56. The summed E-state index contributed by atoms with van der Waals surface area (Å²) in [6.45, 7) is 2.02. The molecule has 3 nitrogen and oxygen atoms in total. The summed E-state index contributed by atoms with van der Waals surface area (Å²) in [6.07, 6.45) is 0. The molecule has 0 aliphatic heterocycles. The summed E-state index contributed by atoms with van der Waals surface area (Å²) in [5.74, 6) is 0. The molecule has 0 amide bonds. The molecule has 2 aromatic carbocycles. The molecule has 17 heavy (non-hydrogen) atoms. The molecule has 3 rings (SSSR count). The van der Waals surface area contributed by atoms with Crippen molar-refractivity contribution in [1.29, 1.82) is 0 Å². The quantitative estimate of drug-likeness (QED) is 0.644. The molecule has 0 bridgehead atoms. The second-order valence-corrected chi connectivity index (χ2v) is 4.11. The van der Waals surface area contributed by atoms with Crippen molar-refractivity contribution in [2.24, 2.45) is 0 Å². The summed E-state index contributed by atoms with van der Waals surface area (Å²) < 4.78 is 1.93. The Morgan fingerprint density at radius 1 is 1.06 bits per heavy atom. The lowest BCUT2D eigenvalue weighted by atomic mass is 10.2. The summed E-state index contributed by atoms with van der Waals surface area (Å²) in [5.41, 5.74) is 9.69. The Morgan fingerprint density at radius 2 is 1.88 bits per heavy atom. The molecule has 0 saturated heterocycles. The predicted octanol–water partition coefficient (Wildman–Crippen LogP) is 2.92. The Bertz CT molecular complexity index is 683. The highest BCUT2D eigenvalue weighted by atomic mass is 15.3. The lowest BCUT2D eigenvalue weighted by molar-refractivity contribution is 0.889. The van der Waals surface area contributed by atoms with E-state index in [-0.39, 0.29) is 0 Å². The number of nitrogens with two attached hydrogens (primary N) is 1. The van der Waals surface area contributed by atoms with Crippen LogP contribution in [0.2, 0.25) is 0 Å². The van der Waals surface area contributed by atoms with Gasteiger partial charge in [0.1, 0.15) is 0 Å². The van der Waals surface area contributed by atoms with Crippen LogP contribution in [0.3, 0.4) is 0 Å². The monoisotopic (exact) mass is 223 g/mol. The third kappa shape index (κ3) is 1.56. The number of hydrogen-bond donors (Lipinski definition) is 1. The molecule has 2 N–H and O–H groups in total. The molecular formula is C14H13N3. The lowest BCUT2D eigenvalue weighted by Crippen LogP contribution is -1.97. The number of aryl methyl sites for hydroxylation is 1. The zero-order valence-electron chi connectivity index (χ0n) is 9.59. The summed E-state index contributed by atoms with van der Waals surface area (Å²) in [5, 5.41) is 5.74. The Labute approximate surface area is 99.5 Å². The molecule has 1 aromatic heterocycles. The first-order chi connectivity index (χ1) is 8.25. The number of benzene rings is 2. The highest BCUT2D eigenvalue weighted by Gasteiger charge is 2.07. The van der Waals surface area contributed by atoms with E-state index in [2.05, 4.69) is 17.2 Å². The molecule has 1 heterocycles. The summed E-state index contributed by atoms with van der Waals surface area (Å²) in [6, 6.07) is 16.0. The van der Waals surface area contributed by atoms with Crippen molar-refractivity contribution >= 4 is 16.6 Å². The van der Waals surface area contributed by atoms with Crippen LogP contribution in [0, 0.1) is 6.92 Å². The van der Waals surface area contributed by atoms with Gasteiger partial charge in [0, 0.05) is 11.1 Å². The minimum atomic E-state index is 0.750. The molecule has 0 spiro atoms. The van der Waals surface area contributed by atoms with Crippen molar-refractivity contribution in [2.75, 3.05) is 5.73 Å². The SMILES string of the molecule is Cc1nn(-c2cccc(N)c2)c2ccccc12. The number of nitrogen functional groups attached to an aromatic ring is 1. The van der Waals surface area contributed by atoms with Crippen LogP contribution in [-0.2, 0) is 0 Å². The molecule has 0 atom stereocenters. The van der Waals surface area contributed by atoms with Crippen molar-refractivity contribution < 1.29 is 0 Å². The van der Waals surface area contributed by atoms with Gasteiger partial charge in [-0.3, -0.25) is 0 Å². The van der Waals surface area contributed by atoms with E-state index in [9.17, 15) is 0 Å². The van der Waals surface area contributed by atoms with E-state index in [1.807, 2.05) is 48.0 Å². The van der Waals surface area contributed by atoms with Crippen LogP contribution >= 0.6 is 0 Å². The van der Waals surface area contributed by atoms with Gasteiger partial charge < -0.3 is 5.73 Å². The van der Waals surface area contributed by atoms with Gasteiger partial charge in [-0.25, -0.2) is 4.68 Å². The number of aromatic nitrogens is 2. The topological polar surface area (TPSA) is 43.8 Å². The van der Waals surface area contributed by atoms with Crippen molar-refractivity contribution in [1.82, 2.24) is 9.78 Å². The van der Waals surface area contributed by atoms with Gasteiger partial charge in [-0.2, -0.15) is 5.10 Å². The van der Waals surface area contributed by atoms with Crippen LogP contribution in [0.25, 0.3) is 16.6 Å². The van der Waals surface area contributed by atoms with Gasteiger partial charge in [-0.15, -0.1) is 0 Å². The van der Waals surface area contributed by atoms with Crippen molar-refractivity contribution in [3.8, 4) is 5.69 Å². The van der Waals surface area contributed by atoms with Crippen LogP contribution in [-0.4, -0.2) is 9.78 Å². The number of hydrogen-bond acceptors (Lipinski definition) is 2. The zero-order chi connectivity index (χ0) is 11.8. The van der Waals surface area contributed by atoms with Gasteiger partial charge >= 0.3 is 0 Å². The van der Waals surface area contributed by atoms with E-state index in [4.69, 9.17) is 5.73 Å². The van der Waals surface area contributed by atoms with Crippen LogP contribution in [0.4, 0.5) is 5.69 Å². The average molecular weight is 223 g/mol. The van der Waals surface area contributed by atoms with Crippen LogP contribution < -0.4 is 5.73 Å². The first kappa shape index (κ1) is 9.90. The lowest BCUT2D eigenvalue weighted by Gasteiger charge is -2.03. The molecule has 0 radical (unpaired) electrons. The number of anilines is 1. The minimum absolute atomic E-state index is 0.750. The fourth-order valence-electron chi connectivity index (χ4n) is 2.08. The average Bonchev–Trinajstić information content (AvgIpc) is 2.68. The van der Waals surface area contributed by atoms with Gasteiger partial charge in [0.2, 0.25) is 0 Å². The maximum absolute atomic E-state index is 5.81. The van der Waals surface area contributed by atoms with Gasteiger partial charge in [0.15, 0.2) is 0 Å². The normalized spacial score (nSPS) is 10.9. The van der Waals surface area contributed by atoms with Crippen LogP contribution in [0.1, 0.15) is 5.69 Å². The second-order valence-electron chi connectivity index (χ2n) is 4.11. The van der Waals surface area contributed by atoms with E-state index in [0.29, 0.717) is 0 Å². The number of rotatable bonds is 1. The number of fused-ring (bicyclic) bond motifs is 1. The third-order valence-corrected chi connectivity index (χ3v) is 2.89.